The number of hydrogen-bond donors (Lipinski definition) is 2. The average molecular weight is 284 g/mol. The number of carboxylic acids is 2. The molecule has 2 aliphatic rings. The zero-order valence-corrected chi connectivity index (χ0v) is 10.8. The maximum absolute atomic E-state index is 11.6. The average Bonchev–Trinajstić information content (AvgIpc) is 2.91. The molecule has 110 valence electrons. The third-order valence-electron chi connectivity index (χ3n) is 3.77. The van der Waals surface area contributed by atoms with Crippen molar-refractivity contribution in [2.45, 2.75) is 12.8 Å². The Bertz CT molecular complexity index is 421. The van der Waals surface area contributed by atoms with Gasteiger partial charge in [0.05, 0.1) is 11.8 Å². The van der Waals surface area contributed by atoms with Crippen LogP contribution in [0.1, 0.15) is 12.8 Å². The maximum atomic E-state index is 11.6. The highest BCUT2D eigenvalue weighted by Crippen LogP contribution is 2.20. The Morgan fingerprint density at radius 2 is 1.25 bits per heavy atom. The van der Waals surface area contributed by atoms with Crippen LogP contribution in [0.5, 0.6) is 0 Å². The molecule has 0 radical (unpaired) electrons. The molecule has 0 spiro atoms. The van der Waals surface area contributed by atoms with Crippen LogP contribution in [0, 0.1) is 11.8 Å². The lowest BCUT2D eigenvalue weighted by molar-refractivity contribution is -0.142. The van der Waals surface area contributed by atoms with E-state index in [1.54, 1.807) is 0 Å². The third-order valence-corrected chi connectivity index (χ3v) is 3.77. The van der Waals surface area contributed by atoms with Crippen molar-refractivity contribution < 1.29 is 29.4 Å². The Hall–Kier alpha value is -2.12. The van der Waals surface area contributed by atoms with E-state index in [1.165, 1.54) is 9.80 Å². The lowest BCUT2D eigenvalue weighted by Gasteiger charge is -2.21. The van der Waals surface area contributed by atoms with Crippen LogP contribution in [0.25, 0.3) is 0 Å². The molecule has 0 aromatic rings. The summed E-state index contributed by atoms with van der Waals surface area (Å²) in [6.45, 7) is 0.804. The lowest BCUT2D eigenvalue weighted by atomic mass is 10.1. The molecule has 2 atom stereocenters. The molecule has 0 bridgehead atoms. The van der Waals surface area contributed by atoms with E-state index in [9.17, 15) is 19.2 Å². The molecule has 2 rings (SSSR count). The molecule has 8 heteroatoms. The zero-order valence-electron chi connectivity index (χ0n) is 10.8. The van der Waals surface area contributed by atoms with Crippen molar-refractivity contribution in [1.29, 1.82) is 0 Å². The lowest BCUT2D eigenvalue weighted by Crippen LogP contribution is -2.37. The first kappa shape index (κ1) is 14.3. The number of hydrogen-bond acceptors (Lipinski definition) is 4. The second-order valence-electron chi connectivity index (χ2n) is 5.16. The number of rotatable bonds is 5. The molecule has 2 unspecified atom stereocenters. The Balaban J connectivity index is 1.84. The van der Waals surface area contributed by atoms with E-state index >= 15 is 0 Å². The number of amides is 2. The first-order chi connectivity index (χ1) is 9.38. The van der Waals surface area contributed by atoms with E-state index in [1.807, 2.05) is 0 Å². The molecule has 0 saturated carbocycles. The fraction of sp³-hybridized carbons (Fsp3) is 0.667. The van der Waals surface area contributed by atoms with E-state index in [4.69, 9.17) is 10.2 Å². The van der Waals surface area contributed by atoms with Gasteiger partial charge in [-0.05, 0) is 0 Å². The van der Waals surface area contributed by atoms with Gasteiger partial charge in [0, 0.05) is 39.0 Å². The van der Waals surface area contributed by atoms with Gasteiger partial charge < -0.3 is 20.0 Å². The predicted molar refractivity (Wildman–Crippen MR) is 64.6 cm³/mol. The van der Waals surface area contributed by atoms with Crippen LogP contribution in [0.4, 0.5) is 0 Å². The summed E-state index contributed by atoms with van der Waals surface area (Å²) in [6, 6.07) is 0. The van der Waals surface area contributed by atoms with Crippen LogP contribution in [0.15, 0.2) is 0 Å². The standard InChI is InChI=1S/C12H16N2O6/c15-9-3-7(11(17)18)5-13(9)1-2-14-6-8(12(19)20)4-10(14)16/h7-8H,1-6H2,(H,17,18)(H,19,20). The predicted octanol–water partition coefficient (Wildman–Crippen LogP) is -1.15. The highest BCUT2D eigenvalue weighted by atomic mass is 16.4. The van der Waals surface area contributed by atoms with Gasteiger partial charge >= 0.3 is 11.9 Å². The van der Waals surface area contributed by atoms with Gasteiger partial charge in [0.25, 0.3) is 0 Å². The Morgan fingerprint density at radius 1 is 0.900 bits per heavy atom. The summed E-state index contributed by atoms with van der Waals surface area (Å²) in [5.74, 6) is -3.85. The number of carbonyl (C=O) groups is 4. The topological polar surface area (TPSA) is 115 Å². The van der Waals surface area contributed by atoms with E-state index in [-0.39, 0.29) is 50.8 Å². The SMILES string of the molecule is O=C(O)C1CC(=O)N(CCN2CC(C(=O)O)CC2=O)C1. The Morgan fingerprint density at radius 3 is 1.50 bits per heavy atom. The highest BCUT2D eigenvalue weighted by Gasteiger charge is 2.37. The van der Waals surface area contributed by atoms with Crippen molar-refractivity contribution in [3.05, 3.63) is 0 Å². The van der Waals surface area contributed by atoms with Crippen molar-refractivity contribution in [1.82, 2.24) is 9.80 Å². The fourth-order valence-corrected chi connectivity index (χ4v) is 2.55. The van der Waals surface area contributed by atoms with Crippen LogP contribution >= 0.6 is 0 Å². The molecule has 2 aliphatic heterocycles. The van der Waals surface area contributed by atoms with Gasteiger partial charge in [0.1, 0.15) is 0 Å². The van der Waals surface area contributed by atoms with Crippen LogP contribution in [-0.4, -0.2) is 69.9 Å². The molecule has 2 N–H and O–H groups in total. The molecule has 2 saturated heterocycles. The van der Waals surface area contributed by atoms with Gasteiger partial charge in [-0.3, -0.25) is 19.2 Å². The number of aliphatic carboxylic acids is 2. The molecule has 2 heterocycles. The summed E-state index contributed by atoms with van der Waals surface area (Å²) in [5.41, 5.74) is 0. The van der Waals surface area contributed by atoms with E-state index in [0.717, 1.165) is 0 Å². The minimum atomic E-state index is -0.996. The fourth-order valence-electron chi connectivity index (χ4n) is 2.55. The Labute approximate surface area is 114 Å². The summed E-state index contributed by atoms with van der Waals surface area (Å²) in [6.07, 6.45) is -0.0257. The molecule has 2 fully saturated rings. The molecule has 0 aromatic carbocycles. The summed E-state index contributed by atoms with van der Waals surface area (Å²) >= 11 is 0. The summed E-state index contributed by atoms with van der Waals surface area (Å²) in [4.78, 5) is 47.7. The minimum Gasteiger partial charge on any atom is -0.481 e. The smallest absolute Gasteiger partial charge is 0.308 e. The third kappa shape index (κ3) is 2.89. The monoisotopic (exact) mass is 284 g/mol. The quantitative estimate of drug-likeness (QED) is 0.659. The molecule has 0 aliphatic carbocycles. The van der Waals surface area contributed by atoms with Gasteiger partial charge in [0.2, 0.25) is 11.8 Å². The Kier molecular flexibility index (Phi) is 3.91. The van der Waals surface area contributed by atoms with Crippen molar-refractivity contribution >= 4 is 23.8 Å². The van der Waals surface area contributed by atoms with Gasteiger partial charge in [-0.2, -0.15) is 0 Å². The van der Waals surface area contributed by atoms with Crippen LogP contribution in [0.3, 0.4) is 0 Å². The van der Waals surface area contributed by atoms with Gasteiger partial charge in [-0.25, -0.2) is 0 Å². The van der Waals surface area contributed by atoms with Crippen molar-refractivity contribution in [2.24, 2.45) is 11.8 Å². The number of nitrogens with zero attached hydrogens (tertiary/aromatic N) is 2. The highest BCUT2D eigenvalue weighted by molar-refractivity contribution is 5.87. The number of carbonyl (C=O) groups excluding carboxylic acids is 2. The second-order valence-corrected chi connectivity index (χ2v) is 5.16. The molecule has 0 aromatic heterocycles. The van der Waals surface area contributed by atoms with Crippen molar-refractivity contribution in [3.63, 3.8) is 0 Å². The number of likely N-dealkylation sites (tertiary alicyclic amines) is 2. The number of carboxylic acid groups (broad SMARTS) is 2. The normalized spacial score (nSPS) is 26.4. The molecular formula is C12H16N2O6. The first-order valence-electron chi connectivity index (χ1n) is 6.39. The molecule has 2 amide bonds. The molecular weight excluding hydrogens is 268 g/mol. The van der Waals surface area contributed by atoms with E-state index in [0.29, 0.717) is 0 Å². The van der Waals surface area contributed by atoms with Crippen LogP contribution in [-0.2, 0) is 19.2 Å². The van der Waals surface area contributed by atoms with Crippen LogP contribution in [0.2, 0.25) is 0 Å². The van der Waals surface area contributed by atoms with Gasteiger partial charge in [-0.1, -0.05) is 0 Å². The van der Waals surface area contributed by atoms with Gasteiger partial charge in [0.15, 0.2) is 0 Å². The largest absolute Gasteiger partial charge is 0.481 e. The first-order valence-corrected chi connectivity index (χ1v) is 6.39. The summed E-state index contributed by atoms with van der Waals surface area (Å²) in [7, 11) is 0. The van der Waals surface area contributed by atoms with Crippen molar-refractivity contribution in [3.8, 4) is 0 Å². The zero-order chi connectivity index (χ0) is 14.9. The van der Waals surface area contributed by atoms with E-state index in [2.05, 4.69) is 0 Å². The summed E-state index contributed by atoms with van der Waals surface area (Å²) in [5, 5.41) is 17.7. The van der Waals surface area contributed by atoms with Gasteiger partial charge in [-0.15, -0.1) is 0 Å². The second kappa shape index (κ2) is 5.48. The van der Waals surface area contributed by atoms with E-state index < -0.39 is 23.8 Å². The maximum Gasteiger partial charge on any atom is 0.308 e. The minimum absolute atomic E-state index is 0.0129. The van der Waals surface area contributed by atoms with Crippen LogP contribution < -0.4 is 0 Å². The van der Waals surface area contributed by atoms with Crippen molar-refractivity contribution in [2.75, 3.05) is 26.2 Å². The summed E-state index contributed by atoms with van der Waals surface area (Å²) < 4.78 is 0. The molecule has 20 heavy (non-hydrogen) atoms. The molecule has 8 nitrogen and oxygen atoms in total.